The second kappa shape index (κ2) is 7.44. The Morgan fingerprint density at radius 3 is 2.75 bits per heavy atom. The Hall–Kier alpha value is -3.18. The third-order valence-corrected chi connectivity index (χ3v) is 4.88. The van der Waals surface area contributed by atoms with Gasteiger partial charge in [-0.25, -0.2) is 4.79 Å². The van der Waals surface area contributed by atoms with Crippen LogP contribution in [0.15, 0.2) is 60.9 Å². The smallest absolute Gasteiger partial charge is 0.338 e. The van der Waals surface area contributed by atoms with E-state index in [1.807, 2.05) is 55.6 Å². The van der Waals surface area contributed by atoms with Crippen LogP contribution in [0, 0.1) is 6.92 Å². The second-order valence-corrected chi connectivity index (χ2v) is 6.99. The normalized spacial score (nSPS) is 11.0. The molecular formula is C22H18ClN3O2. The highest BCUT2D eigenvalue weighted by Gasteiger charge is 2.17. The van der Waals surface area contributed by atoms with Crippen molar-refractivity contribution in [2.24, 2.45) is 0 Å². The molecule has 0 N–H and O–H groups in total. The predicted molar refractivity (Wildman–Crippen MR) is 110 cm³/mol. The molecule has 2 aromatic heterocycles. The summed E-state index contributed by atoms with van der Waals surface area (Å²) in [5.74, 6) is -0.410. The average Bonchev–Trinajstić information content (AvgIpc) is 3.09. The molecule has 0 radical (unpaired) electrons. The maximum atomic E-state index is 12.4. The summed E-state index contributed by atoms with van der Waals surface area (Å²) in [7, 11) is 1.37. The third-order valence-electron chi connectivity index (χ3n) is 4.56. The first-order valence-electron chi connectivity index (χ1n) is 8.81. The number of nitrogens with zero attached hydrogens (tertiary/aromatic N) is 3. The third kappa shape index (κ3) is 3.49. The Balaban J connectivity index is 1.85. The van der Waals surface area contributed by atoms with Crippen molar-refractivity contribution in [3.8, 4) is 11.1 Å². The fourth-order valence-electron chi connectivity index (χ4n) is 3.20. The molecule has 0 amide bonds. The molecule has 140 valence electrons. The molecule has 0 aliphatic carbocycles. The molecule has 4 rings (SSSR count). The molecule has 0 saturated heterocycles. The van der Waals surface area contributed by atoms with E-state index in [-0.39, 0.29) is 0 Å². The van der Waals surface area contributed by atoms with E-state index in [9.17, 15) is 4.79 Å². The number of pyridine rings is 1. The molecule has 0 atom stereocenters. The first-order chi connectivity index (χ1) is 13.5. The molecule has 0 aliphatic heterocycles. The summed E-state index contributed by atoms with van der Waals surface area (Å²) in [4.78, 5) is 16.7. The van der Waals surface area contributed by atoms with Gasteiger partial charge in [0, 0.05) is 28.4 Å². The van der Waals surface area contributed by atoms with Gasteiger partial charge in [-0.15, -0.1) is 0 Å². The number of esters is 1. The van der Waals surface area contributed by atoms with E-state index in [0.29, 0.717) is 22.6 Å². The number of carbonyl (C=O) groups excluding carboxylic acids is 1. The molecule has 0 aliphatic rings. The summed E-state index contributed by atoms with van der Waals surface area (Å²) in [6.07, 6.45) is 3.59. The van der Waals surface area contributed by atoms with E-state index in [4.69, 9.17) is 16.3 Å². The van der Waals surface area contributed by atoms with E-state index < -0.39 is 5.97 Å². The quantitative estimate of drug-likeness (QED) is 0.464. The van der Waals surface area contributed by atoms with Gasteiger partial charge in [0.1, 0.15) is 0 Å². The number of aryl methyl sites for hydroxylation is 1. The number of rotatable bonds is 4. The number of aromatic nitrogens is 3. The van der Waals surface area contributed by atoms with Crippen LogP contribution in [0.4, 0.5) is 0 Å². The van der Waals surface area contributed by atoms with Crippen molar-refractivity contribution >= 4 is 28.5 Å². The summed E-state index contributed by atoms with van der Waals surface area (Å²) >= 11 is 6.44. The lowest BCUT2D eigenvalue weighted by Gasteiger charge is -2.08. The lowest BCUT2D eigenvalue weighted by molar-refractivity contribution is 0.0603. The average molecular weight is 392 g/mol. The maximum absolute atomic E-state index is 12.4. The van der Waals surface area contributed by atoms with Gasteiger partial charge < -0.3 is 4.74 Å². The fourth-order valence-corrected chi connectivity index (χ4v) is 3.54. The van der Waals surface area contributed by atoms with Crippen LogP contribution in [0.25, 0.3) is 22.0 Å². The fraction of sp³-hybridized carbons (Fsp3) is 0.136. The van der Waals surface area contributed by atoms with Crippen LogP contribution in [-0.4, -0.2) is 27.8 Å². The van der Waals surface area contributed by atoms with Crippen LogP contribution in [0.1, 0.15) is 21.6 Å². The number of halogens is 1. The number of fused-ring (bicyclic) bond motifs is 1. The minimum Gasteiger partial charge on any atom is -0.465 e. The Morgan fingerprint density at radius 2 is 2.04 bits per heavy atom. The first kappa shape index (κ1) is 18.2. The van der Waals surface area contributed by atoms with Crippen LogP contribution >= 0.6 is 11.6 Å². The van der Waals surface area contributed by atoms with E-state index >= 15 is 0 Å². The zero-order chi connectivity index (χ0) is 19.7. The predicted octanol–water partition coefficient (Wildman–Crippen LogP) is 4.90. The number of carbonyl (C=O) groups is 1. The standard InChI is InChI=1S/C22H18ClN3O2/c1-14-6-7-17(20(23)9-14)15-10-18(22(27)28-2)19-13-26(25-21(19)11-15)12-16-5-3-4-8-24-16/h3-11,13H,12H2,1-2H3. The lowest BCUT2D eigenvalue weighted by Crippen LogP contribution is -2.02. The Kier molecular flexibility index (Phi) is 4.84. The SMILES string of the molecule is COC(=O)c1cc(-c2ccc(C)cc2Cl)cc2nn(Cc3ccccn3)cc12. The van der Waals surface area contributed by atoms with Crippen molar-refractivity contribution in [3.63, 3.8) is 0 Å². The summed E-state index contributed by atoms with van der Waals surface area (Å²) in [5.41, 5.74) is 4.78. The van der Waals surface area contributed by atoms with Crippen molar-refractivity contribution in [2.45, 2.75) is 13.5 Å². The largest absolute Gasteiger partial charge is 0.465 e. The van der Waals surface area contributed by atoms with Crippen LogP contribution in [0.5, 0.6) is 0 Å². The number of hydrogen-bond donors (Lipinski definition) is 0. The van der Waals surface area contributed by atoms with Gasteiger partial charge in [-0.05, 0) is 48.4 Å². The van der Waals surface area contributed by atoms with E-state index in [0.717, 1.165) is 27.8 Å². The summed E-state index contributed by atoms with van der Waals surface area (Å²) < 4.78 is 6.77. The van der Waals surface area contributed by atoms with Crippen molar-refractivity contribution in [3.05, 3.63) is 82.8 Å². The van der Waals surface area contributed by atoms with Gasteiger partial charge in [0.25, 0.3) is 0 Å². The molecule has 0 bridgehead atoms. The van der Waals surface area contributed by atoms with Crippen LogP contribution in [0.3, 0.4) is 0 Å². The highest BCUT2D eigenvalue weighted by atomic mass is 35.5. The number of hydrogen-bond acceptors (Lipinski definition) is 4. The van der Waals surface area contributed by atoms with Crippen molar-refractivity contribution in [1.82, 2.24) is 14.8 Å². The zero-order valence-corrected chi connectivity index (χ0v) is 16.3. The van der Waals surface area contributed by atoms with Gasteiger partial charge in [0.05, 0.1) is 30.4 Å². The molecule has 2 heterocycles. The number of benzene rings is 2. The molecule has 5 nitrogen and oxygen atoms in total. The van der Waals surface area contributed by atoms with Crippen LogP contribution in [-0.2, 0) is 11.3 Å². The minimum atomic E-state index is -0.410. The first-order valence-corrected chi connectivity index (χ1v) is 9.19. The van der Waals surface area contributed by atoms with Crippen molar-refractivity contribution < 1.29 is 9.53 Å². The molecule has 0 fully saturated rings. The molecular weight excluding hydrogens is 374 g/mol. The van der Waals surface area contributed by atoms with E-state index in [1.165, 1.54) is 7.11 Å². The van der Waals surface area contributed by atoms with E-state index in [2.05, 4.69) is 10.1 Å². The maximum Gasteiger partial charge on any atom is 0.338 e. The lowest BCUT2D eigenvalue weighted by atomic mass is 9.99. The molecule has 6 heteroatoms. The van der Waals surface area contributed by atoms with Crippen LogP contribution in [0.2, 0.25) is 5.02 Å². The molecule has 0 saturated carbocycles. The Labute approximate surface area is 167 Å². The highest BCUT2D eigenvalue weighted by molar-refractivity contribution is 6.33. The van der Waals surface area contributed by atoms with Gasteiger partial charge in [-0.1, -0.05) is 29.8 Å². The molecule has 2 aromatic carbocycles. The summed E-state index contributed by atoms with van der Waals surface area (Å²) in [6.45, 7) is 2.49. The second-order valence-electron chi connectivity index (χ2n) is 6.58. The van der Waals surface area contributed by atoms with Gasteiger partial charge in [-0.2, -0.15) is 5.10 Å². The molecule has 0 unspecified atom stereocenters. The van der Waals surface area contributed by atoms with Gasteiger partial charge in [0.2, 0.25) is 0 Å². The highest BCUT2D eigenvalue weighted by Crippen LogP contribution is 2.33. The summed E-state index contributed by atoms with van der Waals surface area (Å²) in [5, 5.41) is 6.00. The van der Waals surface area contributed by atoms with Gasteiger partial charge in [-0.3, -0.25) is 9.67 Å². The number of methoxy groups -OCH3 is 1. The van der Waals surface area contributed by atoms with Crippen molar-refractivity contribution in [2.75, 3.05) is 7.11 Å². The Bertz CT molecular complexity index is 1170. The minimum absolute atomic E-state index is 0.410. The van der Waals surface area contributed by atoms with E-state index in [1.54, 1.807) is 16.9 Å². The Morgan fingerprint density at radius 1 is 1.18 bits per heavy atom. The molecule has 28 heavy (non-hydrogen) atoms. The molecule has 4 aromatic rings. The zero-order valence-electron chi connectivity index (χ0n) is 15.5. The van der Waals surface area contributed by atoms with Crippen molar-refractivity contribution in [1.29, 1.82) is 0 Å². The topological polar surface area (TPSA) is 57.0 Å². The van der Waals surface area contributed by atoms with Crippen LogP contribution < -0.4 is 0 Å². The summed E-state index contributed by atoms with van der Waals surface area (Å²) in [6, 6.07) is 15.3. The van der Waals surface area contributed by atoms with Gasteiger partial charge in [0.15, 0.2) is 0 Å². The molecule has 0 spiro atoms. The monoisotopic (exact) mass is 391 g/mol. The number of ether oxygens (including phenoxy) is 1. The van der Waals surface area contributed by atoms with Gasteiger partial charge >= 0.3 is 5.97 Å².